The van der Waals surface area contributed by atoms with E-state index in [0.717, 1.165) is 21.8 Å². The van der Waals surface area contributed by atoms with Crippen LogP contribution in [0.25, 0.3) is 0 Å². The smallest absolute Gasteiger partial charge is 1.00 e. The number of nitrogens with two attached hydrogens (primary N) is 1. The van der Waals surface area contributed by atoms with Crippen LogP contribution in [0.3, 0.4) is 0 Å². The van der Waals surface area contributed by atoms with Crippen molar-refractivity contribution in [3.63, 3.8) is 0 Å². The number of rotatable bonds is 26. The number of hydrogen-bond donors (Lipinski definition) is 6. The third-order valence-electron chi connectivity index (χ3n) is 26.8. The quantitative estimate of drug-likeness (QED) is 0.00669. The summed E-state index contributed by atoms with van der Waals surface area (Å²) >= 11 is 15.1. The van der Waals surface area contributed by atoms with Crippen molar-refractivity contribution < 1.29 is 215 Å². The minimum absolute atomic E-state index is 0. The number of carbonyl (C=O) groups is 8. The first-order valence-corrected chi connectivity index (χ1v) is 52.9. The van der Waals surface area contributed by atoms with Crippen LogP contribution in [0.2, 0.25) is 10.0 Å². The summed E-state index contributed by atoms with van der Waals surface area (Å²) in [5.41, 5.74) is -0.969. The fourth-order valence-corrected chi connectivity index (χ4v) is 27.5. The summed E-state index contributed by atoms with van der Waals surface area (Å²) in [6.45, 7) is 24.8. The molecule has 36 nitrogen and oxygen atoms in total. The number of alkyl halides is 1. The molecule has 3 amide bonds. The Labute approximate surface area is 942 Å². The normalized spacial score (nSPS) is 26.7. The molecule has 8 bridgehead atoms. The number of hydrogen-bond acceptors (Lipinski definition) is 29. The topological polar surface area (TPSA) is 494 Å². The zero-order valence-corrected chi connectivity index (χ0v) is 95.9. The second-order valence-electron chi connectivity index (χ2n) is 42.2. The zero-order valence-electron chi connectivity index (χ0n) is 84.3. The molecule has 7 N–H and O–H groups in total. The summed E-state index contributed by atoms with van der Waals surface area (Å²) in [5, 5.41) is 16.7. The van der Waals surface area contributed by atoms with Crippen LogP contribution in [0.4, 0.5) is 9.59 Å². The van der Waals surface area contributed by atoms with E-state index in [1.807, 2.05) is 50.2 Å². The van der Waals surface area contributed by atoms with Crippen LogP contribution in [0.15, 0.2) is 204 Å². The van der Waals surface area contributed by atoms with E-state index in [0.29, 0.717) is 93.7 Å². The summed E-state index contributed by atoms with van der Waals surface area (Å²) < 4.78 is 145. The van der Waals surface area contributed by atoms with E-state index in [4.69, 9.17) is 77.4 Å². The largest absolute Gasteiger partial charge is 1.00 e. The molecule has 12 aliphatic carbocycles. The average molecular weight is 2210 g/mol. The van der Waals surface area contributed by atoms with Crippen molar-refractivity contribution in [2.45, 2.75) is 293 Å². The van der Waals surface area contributed by atoms with Crippen LogP contribution in [0, 0.1) is 21.7 Å². The van der Waals surface area contributed by atoms with E-state index in [1.165, 1.54) is 55.9 Å². The molecule has 15 aliphatic rings. The van der Waals surface area contributed by atoms with E-state index < -0.39 is 166 Å². The van der Waals surface area contributed by atoms with E-state index in [-0.39, 0.29) is 162 Å². The fourth-order valence-electron chi connectivity index (χ4n) is 20.8. The number of methoxy groups -OCH3 is 4. The van der Waals surface area contributed by atoms with Gasteiger partial charge in [-0.2, -0.15) is 4.31 Å². The summed E-state index contributed by atoms with van der Waals surface area (Å²) in [5.74, 6) is -0.690. The maximum absolute atomic E-state index is 14.0. The van der Waals surface area contributed by atoms with Gasteiger partial charge >= 0.3 is 139 Å². The van der Waals surface area contributed by atoms with Gasteiger partial charge in [0.25, 0.3) is 6.47 Å². The molecule has 12 saturated carbocycles. The van der Waals surface area contributed by atoms with Crippen LogP contribution >= 0.6 is 39.1 Å². The molecular weight excluding hydrogens is 2090 g/mol. The molecule has 3 aliphatic heterocycles. The standard InChI is InChI=1S/C30H36ClN3O6S.C23H31N3O6S.C18H25N3O5S.C18H23N3O4S.C7H6BrCl.CH2O3.CH4.2K.H/c1-27(2,3)40-26(36)34-23(24(35)39-6)28(4,5)32-25(34)29-17-30(18-29,19-29)33(16-20-12-14-21(31)15-13-20)41(37,38)22-10-8-7-9-11-22;1-20(2,3)32-19(28)26-16(17(27)31-6)21(4,5)24-18(26)22-12-23(13-22,14-22)25-33(29,30)15-10-8-7-9-11-15;1-16(2,19)13(14(22)26-3)20-15(23)17-9-18(10-17,11-17)21-27(24,25)12-7-5-4-6-8-12;1-16(2)13(14(22)25-3)19-15(20-16)17-9-18(10-17,11-17)21-26(23,24)12-7-5-4-6-8-12;8-5-6-1-3-7(9)4-2-6;2-1-4-3;;;;/h7-15,23H,16-19H2,1-6H3;7-11,16,25H,12-14H2,1-6H3;4-8,13,21H,9-11,19H2,1-3H3,(H,20,23);4-8,13,21H,9-11H2,1-3H3,(H,19,20);1-4H,5H2;1,3H;1H4;;;/q;;;;;;;2*+1;-1/p-1/t23-,29?,30?;16-,22?,23?;2*13-,17?,18?;;;;;;/m0000....../s1. The Morgan fingerprint density at radius 2 is 0.846 bits per heavy atom. The van der Waals surface area contributed by atoms with Gasteiger partial charge in [-0.3, -0.25) is 24.6 Å². The SMILES string of the molecule is C.COC(=O)[C@@H]1N(C(=O)OC(C)(C)C)C(C23CC(N(Cc4ccc(Cl)cc4)S(=O)(=O)c4ccccc4)(C2)C3)=NC1(C)C.COC(=O)[C@@H]1N(C(=O)OC(C)(C)C)C(C23CC(NS(=O)(=O)c4ccccc4)(C2)C3)=NC1(C)C.COC(=O)[C@@H]1N=C(C23CC(NS(=O)(=O)c4ccccc4)(C2)C3)NC1(C)C.COC(=O)[C@H](NC(=O)C12CC(NS(=O)(=O)c3ccccc3)(C1)C2)C(C)(C)N.Clc1ccc(CBr)cc1.O=CO[O-].[H-].[K+].[K+]. The monoisotopic (exact) mass is 2210 g/mol. The van der Waals surface area contributed by atoms with Crippen molar-refractivity contribution in [2.24, 2.45) is 42.4 Å². The molecule has 4 atom stereocenters. The van der Waals surface area contributed by atoms with Gasteiger partial charge in [0.05, 0.1) is 70.1 Å². The fraction of sp³-hybridized carbons (Fsp3) is 0.520. The van der Waals surface area contributed by atoms with E-state index in [9.17, 15) is 67.2 Å². The maximum Gasteiger partial charge on any atom is 1.00 e. The van der Waals surface area contributed by atoms with Gasteiger partial charge < -0.3 is 56.4 Å². The number of aliphatic imine (C=N–C) groups is 3. The number of sulfonamides is 4. The van der Waals surface area contributed by atoms with Crippen molar-refractivity contribution in [1.29, 1.82) is 0 Å². The Morgan fingerprint density at radius 3 is 1.17 bits per heavy atom. The molecule has 0 spiro atoms. The van der Waals surface area contributed by atoms with Gasteiger partial charge in [0.1, 0.15) is 34.8 Å². The maximum atomic E-state index is 14.0. The Balaban J connectivity index is 0.000000225. The molecule has 143 heavy (non-hydrogen) atoms. The molecule has 3 heterocycles. The number of halogens is 3. The molecule has 0 saturated heterocycles. The second kappa shape index (κ2) is 44.5. The Hall–Kier alpha value is -6.62. The number of carbonyl (C=O) groups excluding carboxylic acids is 8. The van der Waals surface area contributed by atoms with Crippen LogP contribution in [0.1, 0.15) is 194 Å². The molecule has 0 radical (unpaired) electrons. The van der Waals surface area contributed by atoms with Gasteiger partial charge in [0.15, 0.2) is 18.1 Å². The van der Waals surface area contributed by atoms with Crippen LogP contribution < -0.4 is 139 Å². The van der Waals surface area contributed by atoms with E-state index >= 15 is 0 Å². The van der Waals surface area contributed by atoms with Crippen molar-refractivity contribution in [3.8, 4) is 0 Å². The minimum Gasteiger partial charge on any atom is -1.00 e. The van der Waals surface area contributed by atoms with Crippen molar-refractivity contribution >= 4 is 145 Å². The first-order valence-electron chi connectivity index (χ1n) is 45.1. The van der Waals surface area contributed by atoms with Crippen LogP contribution in [-0.2, 0) is 114 Å². The molecule has 0 unspecified atom stereocenters. The Bertz CT molecular complexity index is 6230. The number of esters is 4. The molecule has 12 fully saturated rings. The molecule has 45 heteroatoms. The van der Waals surface area contributed by atoms with Gasteiger partial charge in [0.2, 0.25) is 46.0 Å². The van der Waals surface area contributed by atoms with Crippen LogP contribution in [-0.4, -0.2) is 222 Å². The Kier molecular flexibility index (Phi) is 37.3. The summed E-state index contributed by atoms with van der Waals surface area (Å²) in [6, 6.07) is 44.5. The van der Waals surface area contributed by atoms with Gasteiger partial charge in [-0.25, -0.2) is 86.4 Å². The predicted octanol–water partition coefficient (Wildman–Crippen LogP) is 6.20. The van der Waals surface area contributed by atoms with Crippen molar-refractivity contribution in [2.75, 3.05) is 28.4 Å². The molecule has 21 rings (SSSR count). The number of ether oxygens (including phenoxy) is 6. The van der Waals surface area contributed by atoms with Crippen LogP contribution in [0.5, 0.6) is 0 Å². The molecule has 6 aromatic rings. The average Bonchev–Trinajstić information content (AvgIpc) is 1.26. The van der Waals surface area contributed by atoms with E-state index in [2.05, 4.69) is 50.6 Å². The number of amides is 3. The molecule has 770 valence electrons. The summed E-state index contributed by atoms with van der Waals surface area (Å²) in [4.78, 5) is 118. The minimum atomic E-state index is -3.86. The van der Waals surface area contributed by atoms with E-state index in [1.54, 1.807) is 209 Å². The summed E-state index contributed by atoms with van der Waals surface area (Å²) in [7, 11) is -9.53. The van der Waals surface area contributed by atoms with Crippen molar-refractivity contribution in [1.82, 2.24) is 38.9 Å². The first-order chi connectivity index (χ1) is 65.0. The third kappa shape index (κ3) is 25.5. The number of benzene rings is 6. The first kappa shape index (κ1) is 120. The Morgan fingerprint density at radius 1 is 0.517 bits per heavy atom. The number of amidine groups is 3. The molecular formula is C98H127BrCl2K2N12O24S4. The van der Waals surface area contributed by atoms with Gasteiger partial charge in [0, 0.05) is 65.9 Å². The van der Waals surface area contributed by atoms with Gasteiger partial charge in [-0.05, 0) is 258 Å². The molecule has 6 aromatic carbocycles. The second-order valence-corrected chi connectivity index (χ2v) is 50.5. The third-order valence-corrected chi connectivity index (χ3v) is 34.7. The summed E-state index contributed by atoms with van der Waals surface area (Å²) in [6.07, 6.45) is 4.81. The number of nitrogens with zero attached hydrogens (tertiary/aromatic N) is 6. The van der Waals surface area contributed by atoms with Gasteiger partial charge in [-0.15, -0.1) is 0 Å². The predicted molar refractivity (Wildman–Crippen MR) is 529 cm³/mol. The number of nitrogens with one attached hydrogen (secondary N) is 5. The molecule has 0 aromatic heterocycles. The van der Waals surface area contributed by atoms with Crippen molar-refractivity contribution in [3.05, 3.63) is 191 Å². The zero-order chi connectivity index (χ0) is 103. The van der Waals surface area contributed by atoms with Gasteiger partial charge in [-0.1, -0.05) is 144 Å².